The minimum absolute atomic E-state index is 0.119. The number of aryl methyl sites for hydroxylation is 1. The first-order chi connectivity index (χ1) is 16.9. The highest BCUT2D eigenvalue weighted by Gasteiger charge is 2.27. The monoisotopic (exact) mass is 640 g/mol. The average molecular weight is 641 g/mol. The first kappa shape index (κ1) is 26.0. The quantitative estimate of drug-likeness (QED) is 0.199. The molecule has 9 heteroatoms. The predicted molar refractivity (Wildman–Crippen MR) is 153 cm³/mol. The Morgan fingerprint density at radius 1 is 1.09 bits per heavy atom. The van der Waals surface area contributed by atoms with Gasteiger partial charge in [-0.15, -0.1) is 0 Å². The van der Waals surface area contributed by atoms with Crippen LogP contribution in [-0.4, -0.2) is 18.5 Å². The highest BCUT2D eigenvalue weighted by molar-refractivity contribution is 14.1. The zero-order chi connectivity index (χ0) is 24.9. The third-order valence-electron chi connectivity index (χ3n) is 5.31. The van der Waals surface area contributed by atoms with Gasteiger partial charge in [0.1, 0.15) is 6.61 Å². The van der Waals surface area contributed by atoms with Crippen LogP contribution in [0.3, 0.4) is 0 Å². The molecule has 4 rings (SSSR count). The molecule has 0 spiro atoms. The number of carbonyl (C=O) groups excluding carboxylic acids is 1. The van der Waals surface area contributed by atoms with Crippen LogP contribution >= 0.6 is 57.6 Å². The topological polar surface area (TPSA) is 59.6 Å². The summed E-state index contributed by atoms with van der Waals surface area (Å²) < 4.78 is 12.5. The van der Waals surface area contributed by atoms with E-state index in [0.717, 1.165) is 26.8 Å². The minimum Gasteiger partial charge on any atom is -0.493 e. The van der Waals surface area contributed by atoms with Crippen LogP contribution in [0.15, 0.2) is 59.5 Å². The Kier molecular flexibility index (Phi) is 8.75. The molecule has 1 atom stereocenters. The molecule has 0 unspecified atom stereocenters. The van der Waals surface area contributed by atoms with Gasteiger partial charge in [-0.1, -0.05) is 60.1 Å². The molecular formula is C26H23Cl2IN2O3S. The van der Waals surface area contributed by atoms with Crippen molar-refractivity contribution in [3.63, 3.8) is 0 Å². The lowest BCUT2D eigenvalue weighted by atomic mass is 10.1. The van der Waals surface area contributed by atoms with Crippen LogP contribution in [0.25, 0.3) is 6.08 Å². The number of halogens is 3. The van der Waals surface area contributed by atoms with Crippen molar-refractivity contribution in [3.05, 3.63) is 89.8 Å². The van der Waals surface area contributed by atoms with Crippen molar-refractivity contribution in [2.24, 2.45) is 0 Å². The molecule has 1 saturated heterocycles. The number of benzene rings is 3. The summed E-state index contributed by atoms with van der Waals surface area (Å²) in [6.07, 6.45) is 2.85. The van der Waals surface area contributed by atoms with Crippen LogP contribution in [0, 0.1) is 3.57 Å². The summed E-state index contributed by atoms with van der Waals surface area (Å²) in [5.74, 6) is 1.09. The summed E-state index contributed by atoms with van der Waals surface area (Å²) in [5.41, 5.74) is 3.73. The molecule has 1 amide bonds. The number of hydrogen-bond donors (Lipinski definition) is 2. The van der Waals surface area contributed by atoms with E-state index in [1.54, 1.807) is 19.2 Å². The summed E-state index contributed by atoms with van der Waals surface area (Å²) in [6.45, 7) is 2.44. The maximum absolute atomic E-state index is 12.6. The lowest BCUT2D eigenvalue weighted by molar-refractivity contribution is -0.116. The van der Waals surface area contributed by atoms with Crippen molar-refractivity contribution < 1.29 is 14.3 Å². The van der Waals surface area contributed by atoms with Gasteiger partial charge in [-0.2, -0.15) is 0 Å². The maximum Gasteiger partial charge on any atom is 0.260 e. The molecule has 5 nitrogen and oxygen atoms in total. The molecule has 3 aromatic rings. The number of amides is 1. The number of rotatable bonds is 8. The van der Waals surface area contributed by atoms with Crippen LogP contribution < -0.4 is 20.1 Å². The van der Waals surface area contributed by atoms with Gasteiger partial charge < -0.3 is 20.1 Å². The summed E-state index contributed by atoms with van der Waals surface area (Å²) in [5, 5.41) is 7.30. The van der Waals surface area contributed by atoms with E-state index in [1.807, 2.05) is 36.4 Å². The van der Waals surface area contributed by atoms with E-state index in [9.17, 15) is 4.79 Å². The van der Waals surface area contributed by atoms with Crippen molar-refractivity contribution in [1.82, 2.24) is 5.32 Å². The van der Waals surface area contributed by atoms with E-state index >= 15 is 0 Å². The zero-order valence-electron chi connectivity index (χ0n) is 19.0. The molecule has 35 heavy (non-hydrogen) atoms. The number of nitrogens with one attached hydrogen (secondary N) is 2. The highest BCUT2D eigenvalue weighted by Crippen LogP contribution is 2.37. The molecule has 1 aliphatic rings. The van der Waals surface area contributed by atoms with Crippen LogP contribution in [0.1, 0.15) is 23.6 Å². The molecule has 3 aromatic carbocycles. The molecule has 1 fully saturated rings. The Morgan fingerprint density at radius 2 is 1.83 bits per heavy atom. The Hall–Kier alpha value is -2.07. The zero-order valence-corrected chi connectivity index (χ0v) is 23.5. The summed E-state index contributed by atoms with van der Waals surface area (Å²) in [6, 6.07) is 17.4. The number of carbonyl (C=O) groups is 1. The van der Waals surface area contributed by atoms with Crippen molar-refractivity contribution >= 4 is 75.2 Å². The van der Waals surface area contributed by atoms with Crippen molar-refractivity contribution in [3.8, 4) is 11.5 Å². The van der Waals surface area contributed by atoms with Crippen molar-refractivity contribution in [1.29, 1.82) is 0 Å². The first-order valence-electron chi connectivity index (χ1n) is 10.8. The van der Waals surface area contributed by atoms with Crippen LogP contribution in [-0.2, 0) is 17.8 Å². The average Bonchev–Trinajstić information content (AvgIpc) is 3.18. The Balaban J connectivity index is 1.47. The minimum atomic E-state index is -0.240. The normalized spacial score (nSPS) is 16.3. The molecular weight excluding hydrogens is 618 g/mol. The fourth-order valence-electron chi connectivity index (χ4n) is 3.45. The molecule has 2 N–H and O–H groups in total. The van der Waals surface area contributed by atoms with E-state index in [0.29, 0.717) is 33.1 Å². The lowest BCUT2D eigenvalue weighted by Gasteiger charge is -2.14. The third-order valence-corrected chi connectivity index (χ3v) is 7.88. The number of hydrogen-bond acceptors (Lipinski definition) is 5. The van der Waals surface area contributed by atoms with Gasteiger partial charge in [-0.3, -0.25) is 4.79 Å². The Morgan fingerprint density at radius 3 is 2.51 bits per heavy atom. The largest absolute Gasteiger partial charge is 0.493 e. The smallest absolute Gasteiger partial charge is 0.260 e. The van der Waals surface area contributed by atoms with Gasteiger partial charge in [0, 0.05) is 5.69 Å². The standard InChI is InChI=1S/C26H23Cl2IN2O3S/c1-3-15-4-7-18(8-5-15)30-26-31-25(32)23(35-26)13-17-11-21(29)24(22(12-17)33-2)34-14-16-6-9-19(27)20(28)10-16/h4-13,26,30H,3,14H2,1-2H3,(H,31,32)/b23-13-/t26-/m0/s1. The van der Waals surface area contributed by atoms with Gasteiger partial charge in [0.2, 0.25) is 0 Å². The second-order valence-electron chi connectivity index (χ2n) is 7.75. The molecule has 0 radical (unpaired) electrons. The first-order valence-corrected chi connectivity index (χ1v) is 13.6. The Labute approximate surface area is 232 Å². The molecule has 0 aliphatic carbocycles. The number of ether oxygens (including phenoxy) is 2. The molecule has 0 saturated carbocycles. The van der Waals surface area contributed by atoms with Crippen LogP contribution in [0.2, 0.25) is 10.0 Å². The van der Waals surface area contributed by atoms with Crippen LogP contribution in [0.4, 0.5) is 5.69 Å². The fraction of sp³-hybridized carbons (Fsp3) is 0.192. The number of methoxy groups -OCH3 is 1. The highest BCUT2D eigenvalue weighted by atomic mass is 127. The Bertz CT molecular complexity index is 1270. The van der Waals surface area contributed by atoms with Crippen molar-refractivity contribution in [2.45, 2.75) is 25.4 Å². The second-order valence-corrected chi connectivity index (χ2v) is 10.9. The van der Waals surface area contributed by atoms with E-state index < -0.39 is 0 Å². The van der Waals surface area contributed by atoms with Crippen LogP contribution in [0.5, 0.6) is 11.5 Å². The van der Waals surface area contributed by atoms with E-state index in [1.165, 1.54) is 17.3 Å². The van der Waals surface area contributed by atoms with Gasteiger partial charge in [-0.05, 0) is 88.2 Å². The molecule has 1 aliphatic heterocycles. The van der Waals surface area contributed by atoms with Gasteiger partial charge >= 0.3 is 0 Å². The second kappa shape index (κ2) is 11.8. The number of thioether (sulfide) groups is 1. The fourth-order valence-corrected chi connectivity index (χ4v) is 5.54. The van der Waals surface area contributed by atoms with Gasteiger partial charge in [-0.25, -0.2) is 0 Å². The molecule has 182 valence electrons. The van der Waals surface area contributed by atoms with E-state index in [2.05, 4.69) is 52.3 Å². The molecule has 1 heterocycles. The summed E-state index contributed by atoms with van der Waals surface area (Å²) >= 11 is 15.8. The summed E-state index contributed by atoms with van der Waals surface area (Å²) in [4.78, 5) is 13.2. The summed E-state index contributed by atoms with van der Waals surface area (Å²) in [7, 11) is 1.59. The predicted octanol–water partition coefficient (Wildman–Crippen LogP) is 7.35. The molecule has 0 bridgehead atoms. The van der Waals surface area contributed by atoms with E-state index in [-0.39, 0.29) is 11.4 Å². The maximum atomic E-state index is 12.6. The lowest BCUT2D eigenvalue weighted by Crippen LogP contribution is -2.30. The number of anilines is 1. The van der Waals surface area contributed by atoms with Gasteiger partial charge in [0.05, 0.1) is 25.6 Å². The van der Waals surface area contributed by atoms with Crippen molar-refractivity contribution in [2.75, 3.05) is 12.4 Å². The van der Waals surface area contributed by atoms with Gasteiger partial charge in [0.15, 0.2) is 17.0 Å². The van der Waals surface area contributed by atoms with E-state index in [4.69, 9.17) is 32.7 Å². The SMILES string of the molecule is CCc1ccc(N[C@H]2NC(=O)/C(=C/c3cc(I)c(OCc4ccc(Cl)c(Cl)c4)c(OC)c3)S2)cc1. The van der Waals surface area contributed by atoms with Gasteiger partial charge in [0.25, 0.3) is 5.91 Å². The molecule has 0 aromatic heterocycles. The third kappa shape index (κ3) is 6.58.